The average molecular weight is 396 g/mol. The molecule has 4 nitrogen and oxygen atoms in total. The van der Waals surface area contributed by atoms with Gasteiger partial charge in [0.15, 0.2) is 0 Å². The average Bonchev–Trinajstić information content (AvgIpc) is 2.64. The third-order valence-electron chi connectivity index (χ3n) is 4.92. The molecule has 28 heavy (non-hydrogen) atoms. The summed E-state index contributed by atoms with van der Waals surface area (Å²) in [6, 6.07) is 10.6. The van der Waals surface area contributed by atoms with Crippen LogP contribution < -0.4 is 5.32 Å². The standard InChI is InChI=1S/C23H29N3OS/c1-14(2)11-19-7-9-20(10-8-19)18(6)25-22(27)13-28-23-21(12-24)16(4)15(3)17(5)26-23/h7-10,14,18H,11,13H2,1-6H3,(H,25,27)/t18-/m0/s1. The molecule has 0 bridgehead atoms. The Morgan fingerprint density at radius 1 is 1.14 bits per heavy atom. The second-order valence-corrected chi connectivity index (χ2v) is 8.62. The van der Waals surface area contributed by atoms with Crippen LogP contribution in [-0.4, -0.2) is 16.6 Å². The van der Waals surface area contributed by atoms with Crippen molar-refractivity contribution in [2.45, 2.75) is 59.0 Å². The van der Waals surface area contributed by atoms with E-state index in [9.17, 15) is 10.1 Å². The van der Waals surface area contributed by atoms with E-state index in [0.717, 1.165) is 28.8 Å². The fourth-order valence-electron chi connectivity index (χ4n) is 3.06. The number of aryl methyl sites for hydroxylation is 1. The van der Waals surface area contributed by atoms with Gasteiger partial charge in [-0.05, 0) is 62.3 Å². The zero-order valence-electron chi connectivity index (χ0n) is 17.6. The van der Waals surface area contributed by atoms with E-state index in [1.807, 2.05) is 27.7 Å². The first kappa shape index (κ1) is 22.0. The predicted octanol–water partition coefficient (Wildman–Crippen LogP) is 5.05. The lowest BCUT2D eigenvalue weighted by atomic mass is 10.00. The number of hydrogen-bond donors (Lipinski definition) is 1. The number of benzene rings is 1. The number of amides is 1. The molecular formula is C23H29N3OS. The van der Waals surface area contributed by atoms with Crippen LogP contribution in [0.4, 0.5) is 0 Å². The summed E-state index contributed by atoms with van der Waals surface area (Å²) in [7, 11) is 0. The van der Waals surface area contributed by atoms with Gasteiger partial charge in [-0.25, -0.2) is 4.98 Å². The van der Waals surface area contributed by atoms with Crippen LogP contribution in [-0.2, 0) is 11.2 Å². The maximum absolute atomic E-state index is 12.4. The van der Waals surface area contributed by atoms with Crippen molar-refractivity contribution in [1.29, 1.82) is 5.26 Å². The number of carbonyl (C=O) groups excluding carboxylic acids is 1. The van der Waals surface area contributed by atoms with E-state index >= 15 is 0 Å². The van der Waals surface area contributed by atoms with E-state index in [1.165, 1.54) is 17.3 Å². The first-order chi connectivity index (χ1) is 13.2. The van der Waals surface area contributed by atoms with E-state index in [1.54, 1.807) is 0 Å². The molecule has 0 spiro atoms. The van der Waals surface area contributed by atoms with Crippen LogP contribution in [0.2, 0.25) is 0 Å². The van der Waals surface area contributed by atoms with E-state index in [-0.39, 0.29) is 17.7 Å². The third-order valence-corrected chi connectivity index (χ3v) is 5.89. The lowest BCUT2D eigenvalue weighted by Gasteiger charge is -2.16. The predicted molar refractivity (Wildman–Crippen MR) is 115 cm³/mol. The van der Waals surface area contributed by atoms with Crippen molar-refractivity contribution in [3.05, 3.63) is 57.8 Å². The zero-order valence-corrected chi connectivity index (χ0v) is 18.4. The van der Waals surface area contributed by atoms with Gasteiger partial charge in [0.25, 0.3) is 0 Å². The fraction of sp³-hybridized carbons (Fsp3) is 0.435. The summed E-state index contributed by atoms with van der Waals surface area (Å²) < 4.78 is 0. The molecule has 1 aromatic heterocycles. The summed E-state index contributed by atoms with van der Waals surface area (Å²) >= 11 is 1.32. The van der Waals surface area contributed by atoms with Crippen molar-refractivity contribution in [2.24, 2.45) is 5.92 Å². The molecule has 1 aromatic carbocycles. The minimum Gasteiger partial charge on any atom is -0.349 e. The third kappa shape index (κ3) is 5.59. The van der Waals surface area contributed by atoms with Gasteiger partial charge in [-0.1, -0.05) is 49.9 Å². The molecule has 0 saturated carbocycles. The second-order valence-electron chi connectivity index (χ2n) is 7.66. The van der Waals surface area contributed by atoms with Crippen LogP contribution in [0.15, 0.2) is 29.3 Å². The minimum absolute atomic E-state index is 0.0638. The van der Waals surface area contributed by atoms with E-state index < -0.39 is 0 Å². The van der Waals surface area contributed by atoms with Crippen LogP contribution in [0.25, 0.3) is 0 Å². The molecule has 0 aliphatic carbocycles. The molecule has 0 unspecified atom stereocenters. The van der Waals surface area contributed by atoms with Crippen molar-refractivity contribution < 1.29 is 4.79 Å². The number of pyridine rings is 1. The molecule has 1 amide bonds. The quantitative estimate of drug-likeness (QED) is 0.667. The maximum atomic E-state index is 12.4. The zero-order chi connectivity index (χ0) is 20.8. The summed E-state index contributed by atoms with van der Waals surface area (Å²) in [4.78, 5) is 16.9. The molecule has 0 radical (unpaired) electrons. The summed E-state index contributed by atoms with van der Waals surface area (Å²) in [5, 5.41) is 13.1. The molecule has 2 rings (SSSR count). The molecule has 0 fully saturated rings. The van der Waals surface area contributed by atoms with Gasteiger partial charge >= 0.3 is 0 Å². The summed E-state index contributed by atoms with van der Waals surface area (Å²) in [6.07, 6.45) is 1.06. The van der Waals surface area contributed by atoms with Gasteiger partial charge in [-0.15, -0.1) is 0 Å². The molecule has 5 heteroatoms. The Morgan fingerprint density at radius 3 is 2.36 bits per heavy atom. The second kappa shape index (κ2) is 9.75. The van der Waals surface area contributed by atoms with Gasteiger partial charge in [0.1, 0.15) is 11.1 Å². The molecule has 2 aromatic rings. The highest BCUT2D eigenvalue weighted by atomic mass is 32.2. The number of aromatic nitrogens is 1. The molecule has 148 valence electrons. The number of rotatable bonds is 7. The van der Waals surface area contributed by atoms with E-state index in [0.29, 0.717) is 16.5 Å². The van der Waals surface area contributed by atoms with Crippen molar-refractivity contribution in [1.82, 2.24) is 10.3 Å². The lowest BCUT2D eigenvalue weighted by Crippen LogP contribution is -2.28. The Hall–Kier alpha value is -2.32. The Labute approximate surface area is 172 Å². The van der Waals surface area contributed by atoms with E-state index in [4.69, 9.17) is 0 Å². The summed E-state index contributed by atoms with van der Waals surface area (Å²) in [5.74, 6) is 0.797. The Kier molecular flexibility index (Phi) is 7.65. The fourth-order valence-corrected chi connectivity index (χ4v) is 3.96. The topological polar surface area (TPSA) is 65.8 Å². The number of carbonyl (C=O) groups is 1. The lowest BCUT2D eigenvalue weighted by molar-refractivity contribution is -0.119. The van der Waals surface area contributed by atoms with Crippen LogP contribution in [0.3, 0.4) is 0 Å². The molecule has 0 aliphatic heterocycles. The number of nitriles is 1. The van der Waals surface area contributed by atoms with Gasteiger partial charge in [0, 0.05) is 5.69 Å². The SMILES string of the molecule is Cc1nc(SCC(=O)N[C@@H](C)c2ccc(CC(C)C)cc2)c(C#N)c(C)c1C. The largest absolute Gasteiger partial charge is 0.349 e. The molecule has 0 saturated heterocycles. The van der Waals surface area contributed by atoms with Gasteiger partial charge in [0.2, 0.25) is 5.91 Å². The van der Waals surface area contributed by atoms with E-state index in [2.05, 4.69) is 54.5 Å². The molecular weight excluding hydrogens is 366 g/mol. The van der Waals surface area contributed by atoms with Gasteiger partial charge in [0.05, 0.1) is 17.4 Å². The highest BCUT2D eigenvalue weighted by Gasteiger charge is 2.15. The summed E-state index contributed by atoms with van der Waals surface area (Å²) in [5.41, 5.74) is 5.83. The van der Waals surface area contributed by atoms with Crippen LogP contribution in [0.1, 0.15) is 60.3 Å². The molecule has 1 atom stereocenters. The Morgan fingerprint density at radius 2 is 1.79 bits per heavy atom. The number of thioether (sulfide) groups is 1. The van der Waals surface area contributed by atoms with Crippen molar-refractivity contribution >= 4 is 17.7 Å². The number of hydrogen-bond acceptors (Lipinski definition) is 4. The summed E-state index contributed by atoms with van der Waals surface area (Å²) in [6.45, 7) is 12.2. The van der Waals surface area contributed by atoms with Gasteiger partial charge in [-0.3, -0.25) is 4.79 Å². The first-order valence-corrected chi connectivity index (χ1v) is 10.6. The smallest absolute Gasteiger partial charge is 0.230 e. The van der Waals surface area contributed by atoms with Gasteiger partial charge in [-0.2, -0.15) is 5.26 Å². The van der Waals surface area contributed by atoms with Crippen LogP contribution in [0, 0.1) is 38.0 Å². The van der Waals surface area contributed by atoms with Crippen molar-refractivity contribution in [3.63, 3.8) is 0 Å². The minimum atomic E-state index is -0.0645. The van der Waals surface area contributed by atoms with Crippen LogP contribution >= 0.6 is 11.8 Å². The number of nitrogens with one attached hydrogen (secondary N) is 1. The Bertz CT molecular complexity index is 882. The maximum Gasteiger partial charge on any atom is 0.230 e. The first-order valence-electron chi connectivity index (χ1n) is 9.61. The highest BCUT2D eigenvalue weighted by Crippen LogP contribution is 2.26. The van der Waals surface area contributed by atoms with Gasteiger partial charge < -0.3 is 5.32 Å². The molecule has 1 heterocycles. The molecule has 0 aliphatic rings. The van der Waals surface area contributed by atoms with Crippen molar-refractivity contribution in [3.8, 4) is 6.07 Å². The Balaban J connectivity index is 1.98. The van der Waals surface area contributed by atoms with Crippen LogP contribution in [0.5, 0.6) is 0 Å². The molecule has 1 N–H and O–H groups in total. The number of nitrogens with zero attached hydrogens (tertiary/aromatic N) is 2. The monoisotopic (exact) mass is 395 g/mol. The normalized spacial score (nSPS) is 11.9. The van der Waals surface area contributed by atoms with Crippen molar-refractivity contribution in [2.75, 3.05) is 5.75 Å². The highest BCUT2D eigenvalue weighted by molar-refractivity contribution is 8.00.